The molecule has 0 spiro atoms. The van der Waals surface area contributed by atoms with E-state index in [0.29, 0.717) is 16.1 Å². The number of hydrazine groups is 1. The molecule has 2 aromatic carbocycles. The molecule has 156 valence electrons. The van der Waals surface area contributed by atoms with Gasteiger partial charge in [-0.2, -0.15) is 13.8 Å². The van der Waals surface area contributed by atoms with Crippen molar-refractivity contribution in [2.75, 3.05) is 7.11 Å². The number of halogens is 3. The second kappa shape index (κ2) is 9.41. The minimum atomic E-state index is -3.00. The lowest BCUT2D eigenvalue weighted by Gasteiger charge is -2.15. The minimum Gasteiger partial charge on any atom is -0.493 e. The second-order valence-corrected chi connectivity index (χ2v) is 7.87. The molecule has 0 atom stereocenters. The molecule has 1 saturated heterocycles. The van der Waals surface area contributed by atoms with Crippen molar-refractivity contribution in [1.29, 1.82) is 0 Å². The molecule has 0 radical (unpaired) electrons. The number of carbonyl (C=O) groups excluding carboxylic acids is 2. The molecule has 6 nitrogen and oxygen atoms in total. The molecular weight excluding hydrogens is 458 g/mol. The number of benzene rings is 2. The number of ether oxygens (including phenoxy) is 2. The summed E-state index contributed by atoms with van der Waals surface area (Å²) in [7, 11) is 1.31. The Kier molecular flexibility index (Phi) is 6.91. The molecular formula is C19H13ClF2N2O4S2. The van der Waals surface area contributed by atoms with E-state index in [1.807, 2.05) is 0 Å². The Morgan fingerprint density at radius 1 is 1.23 bits per heavy atom. The average molecular weight is 471 g/mol. The summed E-state index contributed by atoms with van der Waals surface area (Å²) in [4.78, 5) is 25.3. The number of rotatable bonds is 6. The molecule has 1 aliphatic rings. The van der Waals surface area contributed by atoms with Gasteiger partial charge in [0.25, 0.3) is 11.8 Å². The zero-order valence-electron chi connectivity index (χ0n) is 15.2. The highest BCUT2D eigenvalue weighted by Gasteiger charge is 2.33. The van der Waals surface area contributed by atoms with E-state index in [4.69, 9.17) is 28.6 Å². The van der Waals surface area contributed by atoms with Gasteiger partial charge in [0.1, 0.15) is 0 Å². The summed E-state index contributed by atoms with van der Waals surface area (Å²) < 4.78 is 34.5. The Balaban J connectivity index is 1.77. The van der Waals surface area contributed by atoms with Gasteiger partial charge in [-0.1, -0.05) is 29.4 Å². The molecule has 0 saturated carbocycles. The number of alkyl halides is 2. The van der Waals surface area contributed by atoms with E-state index in [-0.39, 0.29) is 20.7 Å². The van der Waals surface area contributed by atoms with Crippen LogP contribution in [0.2, 0.25) is 5.02 Å². The predicted molar refractivity (Wildman–Crippen MR) is 114 cm³/mol. The number of nitrogens with zero attached hydrogens (tertiary/aromatic N) is 1. The predicted octanol–water partition coefficient (Wildman–Crippen LogP) is 4.50. The Labute approximate surface area is 184 Å². The zero-order valence-corrected chi connectivity index (χ0v) is 17.6. The Morgan fingerprint density at radius 2 is 1.93 bits per heavy atom. The highest BCUT2D eigenvalue weighted by molar-refractivity contribution is 8.26. The fourth-order valence-electron chi connectivity index (χ4n) is 2.45. The lowest BCUT2D eigenvalue weighted by molar-refractivity contribution is -0.123. The molecule has 0 aromatic heterocycles. The maximum absolute atomic E-state index is 12.7. The molecule has 0 aliphatic carbocycles. The first-order valence-electron chi connectivity index (χ1n) is 8.26. The van der Waals surface area contributed by atoms with Gasteiger partial charge in [0.05, 0.1) is 12.0 Å². The number of hydrogen-bond acceptors (Lipinski definition) is 6. The van der Waals surface area contributed by atoms with Crippen molar-refractivity contribution in [2.24, 2.45) is 0 Å². The van der Waals surface area contributed by atoms with Gasteiger partial charge >= 0.3 is 6.61 Å². The van der Waals surface area contributed by atoms with E-state index < -0.39 is 18.4 Å². The van der Waals surface area contributed by atoms with Gasteiger partial charge in [0, 0.05) is 10.6 Å². The van der Waals surface area contributed by atoms with Gasteiger partial charge in [0.15, 0.2) is 15.8 Å². The monoisotopic (exact) mass is 470 g/mol. The van der Waals surface area contributed by atoms with E-state index in [0.717, 1.165) is 16.8 Å². The third-order valence-corrected chi connectivity index (χ3v) is 5.37. The van der Waals surface area contributed by atoms with Gasteiger partial charge in [-0.25, -0.2) is 0 Å². The Bertz CT molecular complexity index is 1030. The number of methoxy groups -OCH3 is 1. The lowest BCUT2D eigenvalue weighted by atomic mass is 10.2. The van der Waals surface area contributed by atoms with E-state index >= 15 is 0 Å². The van der Waals surface area contributed by atoms with Crippen LogP contribution in [0.5, 0.6) is 11.5 Å². The molecule has 1 heterocycles. The van der Waals surface area contributed by atoms with Crippen LogP contribution in [-0.4, -0.2) is 34.9 Å². The van der Waals surface area contributed by atoms with Crippen molar-refractivity contribution >= 4 is 57.8 Å². The highest BCUT2D eigenvalue weighted by Crippen LogP contribution is 2.34. The van der Waals surface area contributed by atoms with Crippen molar-refractivity contribution in [3.05, 3.63) is 63.5 Å². The average Bonchev–Trinajstić information content (AvgIpc) is 2.96. The molecule has 1 fully saturated rings. The number of carbonyl (C=O) groups is 2. The number of nitrogens with one attached hydrogen (secondary N) is 1. The first kappa shape index (κ1) is 22.0. The Morgan fingerprint density at radius 3 is 2.57 bits per heavy atom. The molecule has 30 heavy (non-hydrogen) atoms. The summed E-state index contributed by atoms with van der Waals surface area (Å²) in [6, 6.07) is 10.4. The van der Waals surface area contributed by atoms with Crippen LogP contribution in [0.3, 0.4) is 0 Å². The summed E-state index contributed by atoms with van der Waals surface area (Å²) in [6.07, 6.45) is 1.50. The van der Waals surface area contributed by atoms with Crippen LogP contribution in [0.15, 0.2) is 47.4 Å². The molecule has 0 unspecified atom stereocenters. The van der Waals surface area contributed by atoms with Crippen molar-refractivity contribution in [3.8, 4) is 11.5 Å². The van der Waals surface area contributed by atoms with Crippen LogP contribution in [0, 0.1) is 0 Å². The second-order valence-electron chi connectivity index (χ2n) is 5.75. The van der Waals surface area contributed by atoms with E-state index in [9.17, 15) is 18.4 Å². The summed E-state index contributed by atoms with van der Waals surface area (Å²) in [6.45, 7) is -3.00. The van der Waals surface area contributed by atoms with Crippen LogP contribution in [-0.2, 0) is 4.79 Å². The normalized spacial score (nSPS) is 15.1. The van der Waals surface area contributed by atoms with Crippen LogP contribution in [0.4, 0.5) is 8.78 Å². The lowest BCUT2D eigenvalue weighted by Crippen LogP contribution is -2.44. The van der Waals surface area contributed by atoms with Crippen LogP contribution < -0.4 is 14.9 Å². The van der Waals surface area contributed by atoms with Crippen molar-refractivity contribution in [3.63, 3.8) is 0 Å². The maximum Gasteiger partial charge on any atom is 0.387 e. The smallest absolute Gasteiger partial charge is 0.387 e. The van der Waals surface area contributed by atoms with Crippen LogP contribution >= 0.6 is 35.6 Å². The number of amides is 2. The van der Waals surface area contributed by atoms with Crippen molar-refractivity contribution in [2.45, 2.75) is 6.61 Å². The third-order valence-electron chi connectivity index (χ3n) is 3.81. The SMILES string of the molecule is COc1cc(/C=C2\SC(=S)N(NC(=O)c3ccc(Cl)cc3)C2=O)ccc1OC(F)F. The van der Waals surface area contributed by atoms with Crippen LogP contribution in [0.25, 0.3) is 6.08 Å². The standard InChI is InChI=1S/C19H13ClF2N2O4S2/c1-27-14-8-10(2-7-13(14)28-18(21)22)9-15-17(26)24(19(29)30-15)23-16(25)11-3-5-12(20)6-4-11/h2-9,18H,1H3,(H,23,25)/b15-9-. The molecule has 0 bridgehead atoms. The Hall–Kier alpha value is -2.69. The van der Waals surface area contributed by atoms with Gasteiger partial charge in [0.2, 0.25) is 0 Å². The van der Waals surface area contributed by atoms with Gasteiger partial charge in [-0.15, -0.1) is 0 Å². The molecule has 11 heteroatoms. The van der Waals surface area contributed by atoms with Gasteiger partial charge in [-0.3, -0.25) is 15.0 Å². The number of hydrogen-bond donors (Lipinski definition) is 1. The summed E-state index contributed by atoms with van der Waals surface area (Å²) in [5.74, 6) is -1.11. The first-order chi connectivity index (χ1) is 14.3. The first-order valence-corrected chi connectivity index (χ1v) is 9.86. The fraction of sp³-hybridized carbons (Fsp3) is 0.105. The van der Waals surface area contributed by atoms with Gasteiger partial charge < -0.3 is 9.47 Å². The van der Waals surface area contributed by atoms with E-state index in [2.05, 4.69) is 10.2 Å². The van der Waals surface area contributed by atoms with E-state index in [1.54, 1.807) is 12.1 Å². The van der Waals surface area contributed by atoms with Gasteiger partial charge in [-0.05, 0) is 60.3 Å². The molecule has 3 rings (SSSR count). The topological polar surface area (TPSA) is 67.9 Å². The summed E-state index contributed by atoms with van der Waals surface area (Å²) in [5, 5.41) is 1.44. The summed E-state index contributed by atoms with van der Waals surface area (Å²) >= 11 is 12.0. The van der Waals surface area contributed by atoms with Crippen molar-refractivity contribution in [1.82, 2.24) is 10.4 Å². The molecule has 2 amide bonds. The number of thioether (sulfide) groups is 1. The summed E-state index contributed by atoms with van der Waals surface area (Å²) in [5.41, 5.74) is 3.25. The fourth-order valence-corrected chi connectivity index (χ4v) is 3.76. The minimum absolute atomic E-state index is 0.0792. The third kappa shape index (κ3) is 5.07. The maximum atomic E-state index is 12.7. The zero-order chi connectivity index (χ0) is 21.8. The largest absolute Gasteiger partial charge is 0.493 e. The van der Waals surface area contributed by atoms with E-state index in [1.165, 1.54) is 43.5 Å². The molecule has 2 aromatic rings. The molecule has 1 N–H and O–H groups in total. The van der Waals surface area contributed by atoms with Crippen molar-refractivity contribution < 1.29 is 27.8 Å². The molecule has 1 aliphatic heterocycles. The quantitative estimate of drug-likeness (QED) is 0.495. The van der Waals surface area contributed by atoms with Crippen LogP contribution in [0.1, 0.15) is 15.9 Å². The number of thiocarbonyl (C=S) groups is 1. The highest BCUT2D eigenvalue weighted by atomic mass is 35.5.